The number of benzene rings is 1. The van der Waals surface area contributed by atoms with Crippen molar-refractivity contribution in [3.8, 4) is 0 Å². The molecule has 0 saturated carbocycles. The molecule has 28 heavy (non-hydrogen) atoms. The third-order valence-corrected chi connectivity index (χ3v) is 3.98. The van der Waals surface area contributed by atoms with E-state index in [1.165, 1.54) is 6.92 Å². The van der Waals surface area contributed by atoms with Crippen LogP contribution in [-0.4, -0.2) is 61.0 Å². The van der Waals surface area contributed by atoms with E-state index in [1.54, 1.807) is 0 Å². The second-order valence-corrected chi connectivity index (χ2v) is 6.18. The van der Waals surface area contributed by atoms with Crippen LogP contribution in [0.4, 0.5) is 0 Å². The quantitative estimate of drug-likeness (QED) is 0.256. The number of carbonyl (C=O) groups is 5. The standard InChI is InChI=1S/C18H23ClN4O5/c1-12(22-11-24)18(28)21-9-16(26)20-10-17(27)23-14(15(25)8-19)7-13-5-3-2-4-6-13/h2-6,11-12,14H,7-10H2,1H3,(H,20,26)(H,21,28)(H,22,24)(H,23,27)/t12-,14-/m0/s1. The zero-order valence-electron chi connectivity index (χ0n) is 15.4. The molecule has 2 atom stereocenters. The first-order valence-corrected chi connectivity index (χ1v) is 9.06. The van der Waals surface area contributed by atoms with Gasteiger partial charge in [-0.2, -0.15) is 0 Å². The summed E-state index contributed by atoms with van der Waals surface area (Å²) in [5, 5.41) is 9.44. The van der Waals surface area contributed by atoms with Crippen molar-refractivity contribution < 1.29 is 24.0 Å². The lowest BCUT2D eigenvalue weighted by Gasteiger charge is -2.17. The highest BCUT2D eigenvalue weighted by Gasteiger charge is 2.20. The van der Waals surface area contributed by atoms with Crippen LogP contribution in [0, 0.1) is 0 Å². The molecule has 0 bridgehead atoms. The van der Waals surface area contributed by atoms with E-state index in [4.69, 9.17) is 11.6 Å². The topological polar surface area (TPSA) is 133 Å². The average Bonchev–Trinajstić information content (AvgIpc) is 2.70. The molecule has 1 aromatic carbocycles. The lowest BCUT2D eigenvalue weighted by Crippen LogP contribution is -2.49. The fraction of sp³-hybridized carbons (Fsp3) is 0.389. The molecule has 0 aliphatic heterocycles. The van der Waals surface area contributed by atoms with Crippen LogP contribution in [0.3, 0.4) is 0 Å². The number of amides is 4. The predicted octanol–water partition coefficient (Wildman–Crippen LogP) is -1.11. The molecule has 4 amide bonds. The summed E-state index contributed by atoms with van der Waals surface area (Å²) in [4.78, 5) is 57.6. The Labute approximate surface area is 167 Å². The number of hydrogen-bond acceptors (Lipinski definition) is 5. The maximum atomic E-state index is 12.0. The van der Waals surface area contributed by atoms with E-state index in [2.05, 4.69) is 21.3 Å². The lowest BCUT2D eigenvalue weighted by molar-refractivity contribution is -0.129. The van der Waals surface area contributed by atoms with Gasteiger partial charge in [-0.25, -0.2) is 0 Å². The molecule has 0 radical (unpaired) electrons. The highest BCUT2D eigenvalue weighted by atomic mass is 35.5. The largest absolute Gasteiger partial charge is 0.347 e. The van der Waals surface area contributed by atoms with Crippen molar-refractivity contribution in [3.63, 3.8) is 0 Å². The number of halogens is 1. The number of Topliss-reactive ketones (excluding diaryl/α,β-unsaturated/α-hetero) is 1. The molecule has 0 aliphatic rings. The normalized spacial score (nSPS) is 12.2. The van der Waals surface area contributed by atoms with E-state index in [0.717, 1.165) is 5.56 Å². The summed E-state index contributed by atoms with van der Waals surface area (Å²) in [6, 6.07) is 7.54. The van der Waals surface area contributed by atoms with Gasteiger partial charge >= 0.3 is 0 Å². The number of ketones is 1. The molecule has 9 nitrogen and oxygen atoms in total. The van der Waals surface area contributed by atoms with Crippen molar-refractivity contribution in [2.45, 2.75) is 25.4 Å². The van der Waals surface area contributed by atoms with Gasteiger partial charge in [0.1, 0.15) is 6.04 Å². The minimum Gasteiger partial charge on any atom is -0.347 e. The minimum atomic E-state index is -0.806. The van der Waals surface area contributed by atoms with Crippen LogP contribution < -0.4 is 21.3 Å². The predicted molar refractivity (Wildman–Crippen MR) is 102 cm³/mol. The second kappa shape index (κ2) is 12.4. The van der Waals surface area contributed by atoms with Gasteiger partial charge in [-0.05, 0) is 18.9 Å². The highest BCUT2D eigenvalue weighted by Crippen LogP contribution is 2.05. The summed E-state index contributed by atoms with van der Waals surface area (Å²) in [5.41, 5.74) is 0.857. The fourth-order valence-electron chi connectivity index (χ4n) is 2.17. The Bertz CT molecular complexity index is 698. The molecule has 152 valence electrons. The fourth-order valence-corrected chi connectivity index (χ4v) is 2.36. The molecule has 4 N–H and O–H groups in total. The van der Waals surface area contributed by atoms with E-state index in [0.29, 0.717) is 6.41 Å². The Kier molecular flexibility index (Phi) is 10.3. The van der Waals surface area contributed by atoms with Gasteiger partial charge in [0.2, 0.25) is 24.1 Å². The van der Waals surface area contributed by atoms with Crippen LogP contribution in [0.1, 0.15) is 12.5 Å². The van der Waals surface area contributed by atoms with Crippen LogP contribution in [0.2, 0.25) is 0 Å². The summed E-state index contributed by atoms with van der Waals surface area (Å²) >= 11 is 5.61. The third kappa shape index (κ3) is 8.63. The van der Waals surface area contributed by atoms with Crippen LogP contribution in [-0.2, 0) is 30.4 Å². The van der Waals surface area contributed by atoms with Crippen LogP contribution in [0.25, 0.3) is 0 Å². The maximum absolute atomic E-state index is 12.0. The number of hydrogen-bond donors (Lipinski definition) is 4. The van der Waals surface area contributed by atoms with E-state index < -0.39 is 29.8 Å². The third-order valence-electron chi connectivity index (χ3n) is 3.72. The number of rotatable bonds is 12. The molecule has 1 rings (SSSR count). The molecular formula is C18H23ClN4O5. The number of carbonyl (C=O) groups excluding carboxylic acids is 5. The molecule has 10 heteroatoms. The lowest BCUT2D eigenvalue weighted by atomic mass is 10.0. The molecule has 0 unspecified atom stereocenters. The molecule has 0 aliphatic carbocycles. The molecule has 0 heterocycles. The Morgan fingerprint density at radius 1 is 1.04 bits per heavy atom. The van der Waals surface area contributed by atoms with Gasteiger partial charge in [0.25, 0.3) is 0 Å². The van der Waals surface area contributed by atoms with E-state index >= 15 is 0 Å². The Morgan fingerprint density at radius 3 is 2.29 bits per heavy atom. The molecule has 0 fully saturated rings. The zero-order valence-corrected chi connectivity index (χ0v) is 16.1. The first-order valence-electron chi connectivity index (χ1n) is 8.53. The van der Waals surface area contributed by atoms with Crippen LogP contribution in [0.5, 0.6) is 0 Å². The van der Waals surface area contributed by atoms with Gasteiger partial charge in [0.15, 0.2) is 5.78 Å². The van der Waals surface area contributed by atoms with Gasteiger partial charge in [-0.1, -0.05) is 30.3 Å². The van der Waals surface area contributed by atoms with Gasteiger partial charge in [0, 0.05) is 0 Å². The van der Waals surface area contributed by atoms with Gasteiger partial charge in [0.05, 0.1) is 25.0 Å². The van der Waals surface area contributed by atoms with E-state index in [-0.39, 0.29) is 31.2 Å². The molecule has 0 spiro atoms. The number of alkyl halides is 1. The molecule has 0 aromatic heterocycles. The smallest absolute Gasteiger partial charge is 0.242 e. The monoisotopic (exact) mass is 410 g/mol. The first-order chi connectivity index (χ1) is 13.4. The second-order valence-electron chi connectivity index (χ2n) is 5.91. The van der Waals surface area contributed by atoms with Crippen molar-refractivity contribution >= 4 is 41.5 Å². The van der Waals surface area contributed by atoms with Gasteiger partial charge in [-0.15, -0.1) is 11.6 Å². The van der Waals surface area contributed by atoms with Crippen LogP contribution >= 0.6 is 11.6 Å². The van der Waals surface area contributed by atoms with Crippen molar-refractivity contribution in [1.82, 2.24) is 21.3 Å². The van der Waals surface area contributed by atoms with Crippen molar-refractivity contribution in [2.75, 3.05) is 19.0 Å². The Balaban J connectivity index is 2.45. The van der Waals surface area contributed by atoms with E-state index in [1.807, 2.05) is 30.3 Å². The minimum absolute atomic E-state index is 0.247. The van der Waals surface area contributed by atoms with Crippen molar-refractivity contribution in [1.29, 1.82) is 0 Å². The van der Waals surface area contributed by atoms with Crippen molar-refractivity contribution in [3.05, 3.63) is 35.9 Å². The SMILES string of the molecule is C[C@H](NC=O)C(=O)NCC(=O)NCC(=O)N[C@@H](Cc1ccccc1)C(=O)CCl. The van der Waals surface area contributed by atoms with E-state index in [9.17, 15) is 24.0 Å². The maximum Gasteiger partial charge on any atom is 0.242 e. The molecular weight excluding hydrogens is 388 g/mol. The Morgan fingerprint density at radius 2 is 1.68 bits per heavy atom. The summed E-state index contributed by atoms with van der Waals surface area (Å²) in [6.07, 6.45) is 0.659. The zero-order chi connectivity index (χ0) is 20.9. The molecule has 1 aromatic rings. The summed E-state index contributed by atoms with van der Waals surface area (Å²) in [6.45, 7) is 0.735. The highest BCUT2D eigenvalue weighted by molar-refractivity contribution is 6.28. The Hall–Kier alpha value is -2.94. The average molecular weight is 411 g/mol. The summed E-state index contributed by atoms with van der Waals surface area (Å²) in [7, 11) is 0. The van der Waals surface area contributed by atoms with Gasteiger partial charge < -0.3 is 21.3 Å². The van der Waals surface area contributed by atoms with Gasteiger partial charge in [-0.3, -0.25) is 24.0 Å². The summed E-state index contributed by atoms with van der Waals surface area (Å²) in [5.74, 6) is -2.28. The molecule has 0 saturated heterocycles. The first kappa shape index (κ1) is 23.1. The van der Waals surface area contributed by atoms with Crippen LogP contribution in [0.15, 0.2) is 30.3 Å². The number of nitrogens with one attached hydrogen (secondary N) is 4. The van der Waals surface area contributed by atoms with Crippen molar-refractivity contribution in [2.24, 2.45) is 0 Å². The summed E-state index contributed by atoms with van der Waals surface area (Å²) < 4.78 is 0.